The first-order valence-electron chi connectivity index (χ1n) is 9.68. The smallest absolute Gasteiger partial charge is 0.310 e. The summed E-state index contributed by atoms with van der Waals surface area (Å²) in [6.45, 7) is 1.55. The van der Waals surface area contributed by atoms with Gasteiger partial charge in [-0.1, -0.05) is 30.3 Å². The number of nitrogens with one attached hydrogen (secondary N) is 1. The van der Waals surface area contributed by atoms with Crippen LogP contribution in [0.2, 0.25) is 0 Å². The molecule has 0 spiro atoms. The number of benzene rings is 2. The van der Waals surface area contributed by atoms with Gasteiger partial charge >= 0.3 is 5.91 Å². The van der Waals surface area contributed by atoms with Crippen molar-refractivity contribution in [2.75, 3.05) is 10.5 Å². The van der Waals surface area contributed by atoms with Crippen molar-refractivity contribution in [2.45, 2.75) is 19.4 Å². The van der Waals surface area contributed by atoms with Crippen molar-refractivity contribution < 1.29 is 22.0 Å². The first-order chi connectivity index (χ1) is 14.9. The van der Waals surface area contributed by atoms with Crippen molar-refractivity contribution in [3.05, 3.63) is 89.6 Å². The molecule has 0 unspecified atom stereocenters. The molecule has 4 rings (SSSR count). The number of hydrogen-bond donors (Lipinski definition) is 1. The van der Waals surface area contributed by atoms with Crippen molar-refractivity contribution in [1.29, 1.82) is 0 Å². The third kappa shape index (κ3) is 4.36. The number of furan rings is 1. The molecule has 1 atom stereocenters. The van der Waals surface area contributed by atoms with Crippen LogP contribution in [0.3, 0.4) is 0 Å². The van der Waals surface area contributed by atoms with Crippen molar-refractivity contribution in [1.82, 2.24) is 5.01 Å². The van der Waals surface area contributed by atoms with Gasteiger partial charge < -0.3 is 4.42 Å². The predicted molar refractivity (Wildman–Crippen MR) is 115 cm³/mol. The summed E-state index contributed by atoms with van der Waals surface area (Å²) in [5, 5.41) is 5.71. The first-order valence-corrected chi connectivity index (χ1v) is 11.3. The van der Waals surface area contributed by atoms with Gasteiger partial charge in [-0.15, -0.1) is 0 Å². The maximum absolute atomic E-state index is 14.5. The number of halogens is 1. The lowest BCUT2D eigenvalue weighted by atomic mass is 9.98. The Hall–Kier alpha value is -3.46. The van der Waals surface area contributed by atoms with Gasteiger partial charge in [0.25, 0.3) is 0 Å². The van der Waals surface area contributed by atoms with Crippen LogP contribution in [-0.2, 0) is 10.0 Å². The van der Waals surface area contributed by atoms with Crippen LogP contribution in [0.4, 0.5) is 10.1 Å². The molecule has 1 aliphatic rings. The van der Waals surface area contributed by atoms with Gasteiger partial charge in [-0.2, -0.15) is 5.10 Å². The summed E-state index contributed by atoms with van der Waals surface area (Å²) in [5.74, 6) is -0.822. The number of hydrazone groups is 1. The van der Waals surface area contributed by atoms with Gasteiger partial charge in [0, 0.05) is 17.7 Å². The summed E-state index contributed by atoms with van der Waals surface area (Å²) in [6, 6.07) is 15.4. The second-order valence-electron chi connectivity index (χ2n) is 7.00. The molecule has 2 aromatic carbocycles. The predicted octanol–water partition coefficient (Wildman–Crippen LogP) is 4.17. The molecule has 0 bridgehead atoms. The molecule has 0 fully saturated rings. The van der Waals surface area contributed by atoms with Crippen molar-refractivity contribution in [3.63, 3.8) is 0 Å². The second kappa shape index (κ2) is 8.35. The summed E-state index contributed by atoms with van der Waals surface area (Å²) >= 11 is 0. The lowest BCUT2D eigenvalue weighted by Gasteiger charge is -2.21. The molecule has 1 N–H and O–H groups in total. The average Bonchev–Trinajstić information content (AvgIpc) is 3.45. The van der Waals surface area contributed by atoms with Crippen molar-refractivity contribution in [3.8, 4) is 0 Å². The van der Waals surface area contributed by atoms with E-state index in [0.717, 1.165) is 0 Å². The average molecular weight is 441 g/mol. The Bertz CT molecular complexity index is 1220. The van der Waals surface area contributed by atoms with Gasteiger partial charge in [-0.25, -0.2) is 17.8 Å². The Morgan fingerprint density at radius 2 is 1.90 bits per heavy atom. The molecule has 0 saturated carbocycles. The Balaban J connectivity index is 1.66. The number of anilines is 1. The minimum absolute atomic E-state index is 0.0321. The summed E-state index contributed by atoms with van der Waals surface area (Å²) in [4.78, 5) is 12.9. The van der Waals surface area contributed by atoms with Crippen LogP contribution >= 0.6 is 0 Å². The fraction of sp³-hybridized carbons (Fsp3) is 0.182. The molecule has 2 heterocycles. The fourth-order valence-corrected chi connectivity index (χ4v) is 3.99. The zero-order valence-electron chi connectivity index (χ0n) is 16.7. The Labute approximate surface area is 179 Å². The SMILES string of the molecule is CCS(=O)(=O)Nc1ccc(C2=NN(C(=O)c3ccco3)[C@H](c3ccccc3F)C2)cc1. The lowest BCUT2D eigenvalue weighted by molar-refractivity contribution is 0.0676. The molecular formula is C22H20FN3O4S. The van der Waals surface area contributed by atoms with Crippen LogP contribution in [0, 0.1) is 5.82 Å². The zero-order chi connectivity index (χ0) is 22.0. The molecule has 1 aliphatic heterocycles. The largest absolute Gasteiger partial charge is 0.459 e. The monoisotopic (exact) mass is 441 g/mol. The minimum Gasteiger partial charge on any atom is -0.459 e. The van der Waals surface area contributed by atoms with Gasteiger partial charge in [-0.3, -0.25) is 9.52 Å². The van der Waals surface area contributed by atoms with Gasteiger partial charge in [0.2, 0.25) is 10.0 Å². The number of sulfonamides is 1. The number of nitrogens with zero attached hydrogens (tertiary/aromatic N) is 2. The van der Waals surface area contributed by atoms with Gasteiger partial charge in [0.1, 0.15) is 5.82 Å². The highest BCUT2D eigenvalue weighted by Gasteiger charge is 2.36. The van der Waals surface area contributed by atoms with Crippen molar-refractivity contribution >= 4 is 27.3 Å². The van der Waals surface area contributed by atoms with E-state index in [-0.39, 0.29) is 11.5 Å². The summed E-state index contributed by atoms with van der Waals surface area (Å²) in [5.41, 5.74) is 2.07. The fourth-order valence-electron chi connectivity index (χ4n) is 3.36. The number of carbonyl (C=O) groups excluding carboxylic acids is 1. The number of carbonyl (C=O) groups is 1. The molecule has 0 aliphatic carbocycles. The maximum Gasteiger partial charge on any atom is 0.310 e. The molecule has 9 heteroatoms. The molecule has 0 radical (unpaired) electrons. The van der Waals surface area contributed by atoms with E-state index in [1.165, 1.54) is 23.4 Å². The highest BCUT2D eigenvalue weighted by molar-refractivity contribution is 7.92. The summed E-state index contributed by atoms with van der Waals surface area (Å²) in [6.07, 6.45) is 1.69. The van der Waals surface area contributed by atoms with E-state index in [1.54, 1.807) is 55.5 Å². The molecule has 3 aromatic rings. The van der Waals surface area contributed by atoms with E-state index in [2.05, 4.69) is 9.82 Å². The van der Waals surface area contributed by atoms with E-state index in [4.69, 9.17) is 4.42 Å². The van der Waals surface area contributed by atoms with Crippen LogP contribution in [0.15, 0.2) is 76.4 Å². The maximum atomic E-state index is 14.5. The van der Waals surface area contributed by atoms with E-state index in [1.807, 2.05) is 0 Å². The summed E-state index contributed by atoms with van der Waals surface area (Å²) < 4.78 is 45.7. The number of hydrogen-bond acceptors (Lipinski definition) is 5. The Morgan fingerprint density at radius 1 is 1.16 bits per heavy atom. The summed E-state index contributed by atoms with van der Waals surface area (Å²) in [7, 11) is -3.38. The molecular weight excluding hydrogens is 421 g/mol. The minimum atomic E-state index is -3.38. The van der Waals surface area contributed by atoms with Crippen LogP contribution in [0.25, 0.3) is 0 Å². The number of rotatable bonds is 6. The third-order valence-electron chi connectivity index (χ3n) is 4.99. The first kappa shape index (κ1) is 20.8. The van der Waals surface area contributed by atoms with Crippen LogP contribution in [0.5, 0.6) is 0 Å². The van der Waals surface area contributed by atoms with E-state index >= 15 is 0 Å². The third-order valence-corrected chi connectivity index (χ3v) is 6.29. The van der Waals surface area contributed by atoms with Gasteiger partial charge in [-0.05, 0) is 42.8 Å². The van der Waals surface area contributed by atoms with Crippen molar-refractivity contribution in [2.24, 2.45) is 5.10 Å². The van der Waals surface area contributed by atoms with E-state index < -0.39 is 27.8 Å². The second-order valence-corrected chi connectivity index (χ2v) is 9.01. The number of amides is 1. The highest BCUT2D eigenvalue weighted by atomic mass is 32.2. The zero-order valence-corrected chi connectivity index (χ0v) is 17.5. The van der Waals surface area contributed by atoms with Gasteiger partial charge in [0.05, 0.1) is 23.8 Å². The highest BCUT2D eigenvalue weighted by Crippen LogP contribution is 2.35. The topological polar surface area (TPSA) is 92.0 Å². The normalized spacial score (nSPS) is 16.3. The van der Waals surface area contributed by atoms with Gasteiger partial charge in [0.15, 0.2) is 5.76 Å². The molecule has 1 amide bonds. The standard InChI is InChI=1S/C22H20FN3O4S/c1-2-31(28,29)25-16-11-9-15(10-12-16)19-14-20(17-6-3-4-7-18(17)23)26(24-19)22(27)21-8-5-13-30-21/h3-13,20,25H,2,14H2,1H3/t20-/m0/s1. The molecule has 1 aromatic heterocycles. The molecule has 31 heavy (non-hydrogen) atoms. The quantitative estimate of drug-likeness (QED) is 0.621. The lowest BCUT2D eigenvalue weighted by Crippen LogP contribution is -2.27. The van der Waals surface area contributed by atoms with Crippen LogP contribution < -0.4 is 4.72 Å². The van der Waals surface area contributed by atoms with E-state index in [9.17, 15) is 17.6 Å². The van der Waals surface area contributed by atoms with Crippen LogP contribution in [0.1, 0.15) is 41.1 Å². The van der Waals surface area contributed by atoms with Crippen LogP contribution in [-0.4, -0.2) is 30.8 Å². The molecule has 160 valence electrons. The van der Waals surface area contributed by atoms with E-state index in [0.29, 0.717) is 28.9 Å². The Morgan fingerprint density at radius 3 is 2.55 bits per heavy atom. The molecule has 0 saturated heterocycles. The Kier molecular flexibility index (Phi) is 5.60. The molecule has 7 nitrogen and oxygen atoms in total.